The van der Waals surface area contributed by atoms with Crippen LogP contribution in [0.15, 0.2) is 12.1 Å². The second-order valence-electron chi connectivity index (χ2n) is 3.48. The highest BCUT2D eigenvalue weighted by atomic mass is 19.1. The van der Waals surface area contributed by atoms with E-state index in [2.05, 4.69) is 5.32 Å². The number of nitrogens with two attached hydrogens (primary N) is 1. The number of anilines is 1. The molecule has 1 aromatic rings. The number of amides is 1. The smallest absolute Gasteiger partial charge is 0.251 e. The minimum Gasteiger partial charge on any atom is -0.380 e. The summed E-state index contributed by atoms with van der Waals surface area (Å²) < 4.78 is 26.2. The molecule has 0 aliphatic carbocycles. The molecule has 0 unspecified atom stereocenters. The van der Waals surface area contributed by atoms with Crippen molar-refractivity contribution in [1.82, 2.24) is 0 Å². The normalized spacial score (nSPS) is 10.5. The molecule has 0 radical (unpaired) electrons. The summed E-state index contributed by atoms with van der Waals surface area (Å²) in [5.41, 5.74) is 4.68. The summed E-state index contributed by atoms with van der Waals surface area (Å²) in [5.74, 6) is -2.61. The van der Waals surface area contributed by atoms with Gasteiger partial charge in [-0.25, -0.2) is 8.78 Å². The van der Waals surface area contributed by atoms with Crippen LogP contribution in [0, 0.1) is 11.6 Å². The average molecular weight is 214 g/mol. The molecule has 0 aliphatic rings. The van der Waals surface area contributed by atoms with Crippen molar-refractivity contribution in [3.05, 3.63) is 29.3 Å². The number of rotatable bonds is 3. The molecular formula is C10H12F2N2O. The fraction of sp³-hybridized carbons (Fsp3) is 0.300. The molecule has 0 spiro atoms. The first-order chi connectivity index (χ1) is 6.91. The van der Waals surface area contributed by atoms with Gasteiger partial charge in [0.2, 0.25) is 0 Å². The number of hydrogen-bond donors (Lipinski definition) is 2. The first-order valence-electron chi connectivity index (χ1n) is 4.47. The lowest BCUT2D eigenvalue weighted by atomic mass is 10.1. The highest BCUT2D eigenvalue weighted by Gasteiger charge is 2.13. The van der Waals surface area contributed by atoms with Crippen LogP contribution in [0.3, 0.4) is 0 Å². The summed E-state index contributed by atoms with van der Waals surface area (Å²) in [7, 11) is 0. The molecule has 0 bridgehead atoms. The van der Waals surface area contributed by atoms with Gasteiger partial charge in [0.25, 0.3) is 5.91 Å². The van der Waals surface area contributed by atoms with E-state index in [1.54, 1.807) is 13.8 Å². The second kappa shape index (κ2) is 4.25. The summed E-state index contributed by atoms with van der Waals surface area (Å²) in [4.78, 5) is 10.8. The van der Waals surface area contributed by atoms with Crippen molar-refractivity contribution in [1.29, 1.82) is 0 Å². The predicted octanol–water partition coefficient (Wildman–Crippen LogP) is 1.88. The number of halogens is 2. The van der Waals surface area contributed by atoms with Gasteiger partial charge < -0.3 is 11.1 Å². The Kier molecular flexibility index (Phi) is 3.24. The van der Waals surface area contributed by atoms with Crippen LogP contribution in [-0.2, 0) is 0 Å². The topological polar surface area (TPSA) is 55.1 Å². The van der Waals surface area contributed by atoms with E-state index in [1.807, 2.05) is 0 Å². The van der Waals surface area contributed by atoms with Gasteiger partial charge in [0, 0.05) is 12.1 Å². The maximum atomic E-state index is 13.2. The Labute approximate surface area is 86.3 Å². The van der Waals surface area contributed by atoms with Crippen LogP contribution in [0.5, 0.6) is 0 Å². The maximum Gasteiger partial charge on any atom is 0.251 e. The zero-order valence-electron chi connectivity index (χ0n) is 8.47. The molecule has 0 fully saturated rings. The van der Waals surface area contributed by atoms with Gasteiger partial charge in [-0.15, -0.1) is 0 Å². The third kappa shape index (κ3) is 2.65. The van der Waals surface area contributed by atoms with Gasteiger partial charge in [0.05, 0.1) is 11.3 Å². The van der Waals surface area contributed by atoms with Crippen LogP contribution in [0.4, 0.5) is 14.5 Å². The monoisotopic (exact) mass is 214 g/mol. The third-order valence-corrected chi connectivity index (χ3v) is 1.77. The van der Waals surface area contributed by atoms with Crippen molar-refractivity contribution in [2.24, 2.45) is 5.73 Å². The molecule has 3 N–H and O–H groups in total. The summed E-state index contributed by atoms with van der Waals surface area (Å²) >= 11 is 0. The molecule has 3 nitrogen and oxygen atoms in total. The van der Waals surface area contributed by atoms with Gasteiger partial charge in [-0.05, 0) is 19.9 Å². The minimum atomic E-state index is -0.950. The minimum absolute atomic E-state index is 0.0225. The fourth-order valence-corrected chi connectivity index (χ4v) is 1.16. The highest BCUT2D eigenvalue weighted by Crippen LogP contribution is 2.19. The van der Waals surface area contributed by atoms with E-state index >= 15 is 0 Å². The van der Waals surface area contributed by atoms with Crippen molar-refractivity contribution in [2.75, 3.05) is 5.32 Å². The Balaban J connectivity index is 3.17. The predicted molar refractivity (Wildman–Crippen MR) is 53.6 cm³/mol. The van der Waals surface area contributed by atoms with Gasteiger partial charge >= 0.3 is 0 Å². The molecule has 1 rings (SSSR count). The molecular weight excluding hydrogens is 202 g/mol. The molecule has 0 aliphatic heterocycles. The summed E-state index contributed by atoms with van der Waals surface area (Å²) in [6.45, 7) is 3.60. The van der Waals surface area contributed by atoms with Gasteiger partial charge in [0.15, 0.2) is 0 Å². The summed E-state index contributed by atoms with van der Waals surface area (Å²) in [6, 6.07) is 1.70. The maximum absolute atomic E-state index is 13.2. The van der Waals surface area contributed by atoms with Gasteiger partial charge in [0.1, 0.15) is 11.6 Å². The van der Waals surface area contributed by atoms with E-state index in [0.717, 1.165) is 6.07 Å². The van der Waals surface area contributed by atoms with Crippen LogP contribution in [-0.4, -0.2) is 11.9 Å². The molecule has 0 aromatic heterocycles. The van der Waals surface area contributed by atoms with Crippen molar-refractivity contribution < 1.29 is 13.6 Å². The molecule has 5 heteroatoms. The lowest BCUT2D eigenvalue weighted by molar-refractivity contribution is 0.0996. The number of carbonyl (C=O) groups excluding carboxylic acids is 1. The molecule has 0 heterocycles. The van der Waals surface area contributed by atoms with Gasteiger partial charge in [-0.2, -0.15) is 0 Å². The zero-order valence-corrected chi connectivity index (χ0v) is 8.47. The van der Waals surface area contributed by atoms with Gasteiger partial charge in [-0.3, -0.25) is 4.79 Å². The summed E-state index contributed by atoms with van der Waals surface area (Å²) in [5, 5.41) is 2.75. The third-order valence-electron chi connectivity index (χ3n) is 1.77. The van der Waals surface area contributed by atoms with Crippen LogP contribution >= 0.6 is 0 Å². The SMILES string of the molecule is CC(C)Nc1cc(C(N)=O)c(F)cc1F. The van der Waals surface area contributed by atoms with E-state index < -0.39 is 17.5 Å². The standard InChI is InChI=1S/C10H12F2N2O/c1-5(2)14-9-3-6(10(13)15)7(11)4-8(9)12/h3-5,14H,1-2H3,(H2,13,15). The quantitative estimate of drug-likeness (QED) is 0.807. The van der Waals surface area contributed by atoms with Crippen LogP contribution in [0.2, 0.25) is 0 Å². The van der Waals surface area contributed by atoms with Crippen LogP contribution in [0.25, 0.3) is 0 Å². The molecule has 0 saturated carbocycles. The van der Waals surface area contributed by atoms with Crippen molar-refractivity contribution >= 4 is 11.6 Å². The highest BCUT2D eigenvalue weighted by molar-refractivity contribution is 5.94. The van der Waals surface area contributed by atoms with Crippen molar-refractivity contribution in [2.45, 2.75) is 19.9 Å². The number of primary amides is 1. The van der Waals surface area contributed by atoms with E-state index in [0.29, 0.717) is 6.07 Å². The first kappa shape index (κ1) is 11.4. The average Bonchev–Trinajstić information content (AvgIpc) is 2.08. The summed E-state index contributed by atoms with van der Waals surface area (Å²) in [6.07, 6.45) is 0. The van der Waals surface area contributed by atoms with Gasteiger partial charge in [-0.1, -0.05) is 0 Å². The van der Waals surface area contributed by atoms with E-state index in [9.17, 15) is 13.6 Å². The van der Waals surface area contributed by atoms with E-state index in [4.69, 9.17) is 5.73 Å². The fourth-order valence-electron chi connectivity index (χ4n) is 1.16. The lowest BCUT2D eigenvalue weighted by Gasteiger charge is -2.12. The van der Waals surface area contributed by atoms with Crippen LogP contribution in [0.1, 0.15) is 24.2 Å². The zero-order chi connectivity index (χ0) is 11.6. The number of carbonyl (C=O) groups is 1. The molecule has 15 heavy (non-hydrogen) atoms. The Bertz CT molecular complexity index is 391. The number of nitrogens with one attached hydrogen (secondary N) is 1. The Morgan fingerprint density at radius 2 is 1.93 bits per heavy atom. The molecule has 82 valence electrons. The largest absolute Gasteiger partial charge is 0.380 e. The Morgan fingerprint density at radius 1 is 1.33 bits per heavy atom. The molecule has 0 atom stereocenters. The first-order valence-corrected chi connectivity index (χ1v) is 4.47. The van der Waals surface area contributed by atoms with Crippen LogP contribution < -0.4 is 11.1 Å². The Morgan fingerprint density at radius 3 is 2.40 bits per heavy atom. The molecule has 1 amide bonds. The van der Waals surface area contributed by atoms with E-state index in [-0.39, 0.29) is 17.3 Å². The van der Waals surface area contributed by atoms with Crippen molar-refractivity contribution in [3.63, 3.8) is 0 Å². The second-order valence-corrected chi connectivity index (χ2v) is 3.48. The number of benzene rings is 1. The Hall–Kier alpha value is -1.65. The van der Waals surface area contributed by atoms with Crippen molar-refractivity contribution in [3.8, 4) is 0 Å². The molecule has 1 aromatic carbocycles. The number of hydrogen-bond acceptors (Lipinski definition) is 2. The van der Waals surface area contributed by atoms with E-state index in [1.165, 1.54) is 0 Å². The molecule has 0 saturated heterocycles. The lowest BCUT2D eigenvalue weighted by Crippen LogP contribution is -2.16.